The van der Waals surface area contributed by atoms with Gasteiger partial charge in [-0.2, -0.15) is 0 Å². The molecule has 1 heterocycles. The van der Waals surface area contributed by atoms with Crippen LogP contribution in [0.4, 0.5) is 0 Å². The second kappa shape index (κ2) is 8.34. The van der Waals surface area contributed by atoms with Crippen molar-refractivity contribution in [1.82, 2.24) is 4.90 Å². The first-order valence-corrected chi connectivity index (χ1v) is 8.89. The molecule has 0 atom stereocenters. The highest BCUT2D eigenvalue weighted by Crippen LogP contribution is 2.23. The Labute approximate surface area is 161 Å². The second-order valence-corrected chi connectivity index (χ2v) is 6.57. The van der Waals surface area contributed by atoms with Gasteiger partial charge in [-0.25, -0.2) is 0 Å². The molecule has 7 heteroatoms. The van der Waals surface area contributed by atoms with Gasteiger partial charge >= 0.3 is 0 Å². The SMILES string of the molecule is O=C1c2ccccc2C(=O)N1CCCCON=Cc1ccc(Cl)c(Cl)c1. The van der Waals surface area contributed by atoms with E-state index in [4.69, 9.17) is 28.0 Å². The molecule has 26 heavy (non-hydrogen) atoms. The number of carbonyl (C=O) groups excluding carboxylic acids is 2. The molecule has 0 spiro atoms. The molecular formula is C19H16Cl2N2O3. The first-order chi connectivity index (χ1) is 12.6. The number of benzene rings is 2. The Morgan fingerprint density at radius 3 is 2.31 bits per heavy atom. The lowest BCUT2D eigenvalue weighted by molar-refractivity contribution is 0.0644. The predicted octanol–water partition coefficient (Wildman–Crippen LogP) is 4.42. The van der Waals surface area contributed by atoms with Gasteiger partial charge in [-0.05, 0) is 42.7 Å². The molecule has 0 aromatic heterocycles. The maximum atomic E-state index is 12.2. The van der Waals surface area contributed by atoms with Gasteiger partial charge in [0.15, 0.2) is 0 Å². The van der Waals surface area contributed by atoms with Crippen molar-refractivity contribution in [2.24, 2.45) is 5.16 Å². The average Bonchev–Trinajstić information content (AvgIpc) is 2.89. The van der Waals surface area contributed by atoms with E-state index in [1.54, 1.807) is 48.7 Å². The fourth-order valence-electron chi connectivity index (χ4n) is 2.62. The molecule has 0 bridgehead atoms. The van der Waals surface area contributed by atoms with Crippen LogP contribution in [-0.2, 0) is 4.84 Å². The number of amides is 2. The number of rotatable bonds is 7. The molecule has 0 saturated carbocycles. The summed E-state index contributed by atoms with van der Waals surface area (Å²) >= 11 is 11.8. The van der Waals surface area contributed by atoms with Crippen molar-refractivity contribution in [3.8, 4) is 0 Å². The van der Waals surface area contributed by atoms with E-state index in [1.165, 1.54) is 4.90 Å². The van der Waals surface area contributed by atoms with Gasteiger partial charge in [0, 0.05) is 6.54 Å². The first kappa shape index (κ1) is 18.4. The van der Waals surface area contributed by atoms with Crippen molar-refractivity contribution in [2.45, 2.75) is 12.8 Å². The number of oxime groups is 1. The van der Waals surface area contributed by atoms with Crippen LogP contribution in [0.2, 0.25) is 10.0 Å². The van der Waals surface area contributed by atoms with Gasteiger partial charge < -0.3 is 4.84 Å². The highest BCUT2D eigenvalue weighted by Gasteiger charge is 2.34. The minimum absolute atomic E-state index is 0.232. The van der Waals surface area contributed by atoms with Crippen molar-refractivity contribution >= 4 is 41.2 Å². The van der Waals surface area contributed by atoms with Gasteiger partial charge in [0.1, 0.15) is 6.61 Å². The molecule has 0 aliphatic carbocycles. The Kier molecular flexibility index (Phi) is 5.91. The molecule has 2 aromatic rings. The van der Waals surface area contributed by atoms with Crippen molar-refractivity contribution in [3.05, 3.63) is 69.2 Å². The Hall–Kier alpha value is -2.37. The summed E-state index contributed by atoms with van der Waals surface area (Å²) < 4.78 is 0. The number of imide groups is 1. The highest BCUT2D eigenvalue weighted by atomic mass is 35.5. The molecule has 0 N–H and O–H groups in total. The number of unbranched alkanes of at least 4 members (excludes halogenated alkanes) is 1. The number of carbonyl (C=O) groups is 2. The molecule has 134 valence electrons. The lowest BCUT2D eigenvalue weighted by atomic mass is 10.1. The molecule has 5 nitrogen and oxygen atoms in total. The zero-order valence-electron chi connectivity index (χ0n) is 13.8. The second-order valence-electron chi connectivity index (χ2n) is 5.76. The van der Waals surface area contributed by atoms with E-state index < -0.39 is 0 Å². The summed E-state index contributed by atoms with van der Waals surface area (Å²) in [5.41, 5.74) is 1.73. The number of hydrogen-bond donors (Lipinski definition) is 0. The van der Waals surface area contributed by atoms with E-state index in [1.807, 2.05) is 0 Å². The highest BCUT2D eigenvalue weighted by molar-refractivity contribution is 6.42. The van der Waals surface area contributed by atoms with Crippen LogP contribution < -0.4 is 0 Å². The third-order valence-corrected chi connectivity index (χ3v) is 4.70. The van der Waals surface area contributed by atoms with Crippen molar-refractivity contribution in [3.63, 3.8) is 0 Å². The van der Waals surface area contributed by atoms with Gasteiger partial charge in [0.05, 0.1) is 27.4 Å². The molecule has 1 aliphatic rings. The van der Waals surface area contributed by atoms with Crippen molar-refractivity contribution in [1.29, 1.82) is 0 Å². The maximum Gasteiger partial charge on any atom is 0.261 e. The van der Waals surface area contributed by atoms with Crippen molar-refractivity contribution < 1.29 is 14.4 Å². The van der Waals surface area contributed by atoms with Gasteiger partial charge in [-0.3, -0.25) is 14.5 Å². The maximum absolute atomic E-state index is 12.2. The molecule has 2 aromatic carbocycles. The fourth-order valence-corrected chi connectivity index (χ4v) is 2.93. The van der Waals surface area contributed by atoms with Crippen LogP contribution in [0.5, 0.6) is 0 Å². The van der Waals surface area contributed by atoms with Crippen LogP contribution in [0.25, 0.3) is 0 Å². The summed E-state index contributed by atoms with van der Waals surface area (Å²) in [7, 11) is 0. The van der Waals surface area contributed by atoms with Crippen LogP contribution >= 0.6 is 23.2 Å². The van der Waals surface area contributed by atoms with Gasteiger partial charge in [-0.1, -0.05) is 46.6 Å². The minimum atomic E-state index is -0.232. The van der Waals surface area contributed by atoms with Crippen LogP contribution in [0.15, 0.2) is 47.6 Å². The summed E-state index contributed by atoms with van der Waals surface area (Å²) in [6.45, 7) is 0.757. The summed E-state index contributed by atoms with van der Waals surface area (Å²) in [5, 5.41) is 4.81. The number of nitrogens with zero attached hydrogens (tertiary/aromatic N) is 2. The Morgan fingerprint density at radius 2 is 1.65 bits per heavy atom. The van der Waals surface area contributed by atoms with E-state index in [0.29, 0.717) is 47.2 Å². The molecule has 1 aliphatic heterocycles. The smallest absolute Gasteiger partial charge is 0.261 e. The lowest BCUT2D eigenvalue weighted by Crippen LogP contribution is -2.30. The topological polar surface area (TPSA) is 59.0 Å². The number of hydrogen-bond acceptors (Lipinski definition) is 4. The number of fused-ring (bicyclic) bond motifs is 1. The van der Waals surface area contributed by atoms with Crippen LogP contribution in [0.3, 0.4) is 0 Å². The molecule has 0 unspecified atom stereocenters. The van der Waals surface area contributed by atoms with Gasteiger partial charge in [0.25, 0.3) is 11.8 Å². The third-order valence-electron chi connectivity index (χ3n) is 3.97. The summed E-state index contributed by atoms with van der Waals surface area (Å²) in [4.78, 5) is 30.9. The average molecular weight is 391 g/mol. The lowest BCUT2D eigenvalue weighted by Gasteiger charge is -2.13. The van der Waals surface area contributed by atoms with E-state index >= 15 is 0 Å². The van der Waals surface area contributed by atoms with Crippen LogP contribution in [0, 0.1) is 0 Å². The van der Waals surface area contributed by atoms with Gasteiger partial charge in [-0.15, -0.1) is 0 Å². The largest absolute Gasteiger partial charge is 0.396 e. The standard InChI is InChI=1S/C19H16Cl2N2O3/c20-16-8-7-13(11-17(16)21)12-22-26-10-4-3-9-23-18(24)14-5-1-2-6-15(14)19(23)25/h1-2,5-8,11-12H,3-4,9-10H2. The van der Waals surface area contributed by atoms with E-state index in [2.05, 4.69) is 5.16 Å². The summed E-state index contributed by atoms with van der Waals surface area (Å²) in [5.74, 6) is -0.465. The molecular weight excluding hydrogens is 375 g/mol. The predicted molar refractivity (Wildman–Crippen MR) is 101 cm³/mol. The Bertz CT molecular complexity index is 833. The Balaban J connectivity index is 1.40. The first-order valence-electron chi connectivity index (χ1n) is 8.13. The van der Waals surface area contributed by atoms with E-state index in [0.717, 1.165) is 5.56 Å². The van der Waals surface area contributed by atoms with Crippen LogP contribution in [0.1, 0.15) is 39.1 Å². The van der Waals surface area contributed by atoms with Crippen LogP contribution in [-0.4, -0.2) is 36.1 Å². The third kappa shape index (κ3) is 4.06. The van der Waals surface area contributed by atoms with E-state index in [9.17, 15) is 9.59 Å². The normalized spacial score (nSPS) is 13.5. The summed E-state index contributed by atoms with van der Waals surface area (Å²) in [6.07, 6.45) is 2.87. The summed E-state index contributed by atoms with van der Waals surface area (Å²) in [6, 6.07) is 12.0. The zero-order valence-corrected chi connectivity index (χ0v) is 15.3. The van der Waals surface area contributed by atoms with Gasteiger partial charge in [0.2, 0.25) is 0 Å². The quantitative estimate of drug-likeness (QED) is 0.304. The van der Waals surface area contributed by atoms with E-state index in [-0.39, 0.29) is 11.8 Å². The molecule has 2 amide bonds. The van der Waals surface area contributed by atoms with Crippen molar-refractivity contribution in [2.75, 3.05) is 13.2 Å². The molecule has 0 fully saturated rings. The molecule has 0 radical (unpaired) electrons. The molecule has 3 rings (SSSR count). The minimum Gasteiger partial charge on any atom is -0.396 e. The fraction of sp³-hybridized carbons (Fsp3) is 0.211. The monoisotopic (exact) mass is 390 g/mol. The zero-order chi connectivity index (χ0) is 18.5. The molecule has 0 saturated heterocycles. The number of halogens is 2. The Morgan fingerprint density at radius 1 is 0.962 bits per heavy atom.